The van der Waals surface area contributed by atoms with Gasteiger partial charge in [-0.2, -0.15) is 0 Å². The summed E-state index contributed by atoms with van der Waals surface area (Å²) in [5, 5.41) is 8.00. The summed E-state index contributed by atoms with van der Waals surface area (Å²) in [5.41, 5.74) is 1.15. The number of thiazole rings is 1. The molecule has 2 rings (SSSR count). The lowest BCUT2D eigenvalue weighted by atomic mass is 10.4. The van der Waals surface area contributed by atoms with Crippen LogP contribution in [0.2, 0.25) is 0 Å². The summed E-state index contributed by atoms with van der Waals surface area (Å²) in [4.78, 5) is 15.1. The van der Waals surface area contributed by atoms with Gasteiger partial charge in [0.05, 0.1) is 10.7 Å². The molecule has 0 aliphatic carbocycles. The highest BCUT2D eigenvalue weighted by Gasteiger charge is 2.11. The van der Waals surface area contributed by atoms with E-state index < -0.39 is 0 Å². The monoisotopic (exact) mass is 352 g/mol. The number of nitrogens with one attached hydrogen (secondary N) is 2. The number of aromatic nitrogens is 1. The van der Waals surface area contributed by atoms with Crippen LogP contribution in [0.5, 0.6) is 0 Å². The zero-order chi connectivity index (χ0) is 17.4. The molecule has 0 bridgehead atoms. The van der Waals surface area contributed by atoms with Crippen molar-refractivity contribution in [3.63, 3.8) is 0 Å². The maximum Gasteiger partial charge on any atom is 0.191 e. The van der Waals surface area contributed by atoms with Crippen LogP contribution in [0.3, 0.4) is 0 Å². The van der Waals surface area contributed by atoms with Gasteiger partial charge in [0, 0.05) is 51.1 Å². The minimum Gasteiger partial charge on any atom is -0.356 e. The van der Waals surface area contributed by atoms with Crippen molar-refractivity contribution in [1.82, 2.24) is 25.4 Å². The van der Waals surface area contributed by atoms with Crippen molar-refractivity contribution >= 4 is 17.3 Å². The largest absolute Gasteiger partial charge is 0.356 e. The SMILES string of the molecule is CN=C(NCCc1nc(C)c(C)s1)NCCN1CCCN(C)CC1. The van der Waals surface area contributed by atoms with E-state index in [-0.39, 0.29) is 0 Å². The molecule has 2 N–H and O–H groups in total. The molecule has 2 heterocycles. The predicted molar refractivity (Wildman–Crippen MR) is 103 cm³/mol. The molecule has 0 amide bonds. The van der Waals surface area contributed by atoms with Crippen molar-refractivity contribution in [3.05, 3.63) is 15.6 Å². The molecule has 136 valence electrons. The normalized spacial score (nSPS) is 17.8. The molecule has 1 aliphatic heterocycles. The second-order valence-electron chi connectivity index (χ2n) is 6.42. The van der Waals surface area contributed by atoms with Crippen LogP contribution >= 0.6 is 11.3 Å². The highest BCUT2D eigenvalue weighted by atomic mass is 32.1. The van der Waals surface area contributed by atoms with Crippen molar-refractivity contribution < 1.29 is 0 Å². The van der Waals surface area contributed by atoms with Gasteiger partial charge in [0.15, 0.2) is 5.96 Å². The van der Waals surface area contributed by atoms with Crippen molar-refractivity contribution in [2.75, 3.05) is 59.9 Å². The van der Waals surface area contributed by atoms with Gasteiger partial charge in [0.2, 0.25) is 0 Å². The first kappa shape index (κ1) is 19.1. The fourth-order valence-electron chi connectivity index (χ4n) is 2.81. The van der Waals surface area contributed by atoms with E-state index >= 15 is 0 Å². The Morgan fingerprint density at radius 1 is 1.17 bits per heavy atom. The van der Waals surface area contributed by atoms with E-state index in [1.165, 1.54) is 35.9 Å². The molecule has 7 heteroatoms. The van der Waals surface area contributed by atoms with E-state index in [2.05, 4.69) is 51.3 Å². The van der Waals surface area contributed by atoms with E-state index in [4.69, 9.17) is 0 Å². The molecular weight excluding hydrogens is 320 g/mol. The lowest BCUT2D eigenvalue weighted by Crippen LogP contribution is -2.42. The molecule has 0 unspecified atom stereocenters. The Bertz CT molecular complexity index is 508. The molecule has 0 atom stereocenters. The molecule has 0 spiro atoms. The highest BCUT2D eigenvalue weighted by Crippen LogP contribution is 2.16. The first-order valence-corrected chi connectivity index (χ1v) is 9.68. The first-order valence-electron chi connectivity index (χ1n) is 8.87. The second kappa shape index (κ2) is 9.96. The lowest BCUT2D eigenvalue weighted by Gasteiger charge is -2.21. The van der Waals surface area contributed by atoms with Crippen molar-refractivity contribution in [2.24, 2.45) is 4.99 Å². The quantitative estimate of drug-likeness (QED) is 0.593. The van der Waals surface area contributed by atoms with E-state index in [0.29, 0.717) is 0 Å². The topological polar surface area (TPSA) is 55.8 Å². The summed E-state index contributed by atoms with van der Waals surface area (Å²) in [6, 6.07) is 0. The number of hydrogen-bond acceptors (Lipinski definition) is 5. The molecule has 1 fully saturated rings. The Balaban J connectivity index is 1.63. The molecule has 0 aromatic carbocycles. The number of aliphatic imine (C=N–C) groups is 1. The Kier molecular flexibility index (Phi) is 7.94. The van der Waals surface area contributed by atoms with Gasteiger partial charge in [0.25, 0.3) is 0 Å². The molecule has 1 aromatic rings. The Hall–Kier alpha value is -1.18. The van der Waals surface area contributed by atoms with Gasteiger partial charge >= 0.3 is 0 Å². The number of hydrogen-bond donors (Lipinski definition) is 2. The van der Waals surface area contributed by atoms with E-state index in [9.17, 15) is 0 Å². The fourth-order valence-corrected chi connectivity index (χ4v) is 3.74. The molecule has 6 nitrogen and oxygen atoms in total. The summed E-state index contributed by atoms with van der Waals surface area (Å²) in [6.07, 6.45) is 2.20. The van der Waals surface area contributed by atoms with Crippen molar-refractivity contribution in [3.8, 4) is 0 Å². The van der Waals surface area contributed by atoms with Crippen molar-refractivity contribution in [2.45, 2.75) is 26.7 Å². The average Bonchev–Trinajstić information content (AvgIpc) is 2.75. The fraction of sp³-hybridized carbons (Fsp3) is 0.765. The van der Waals surface area contributed by atoms with Gasteiger partial charge < -0.3 is 20.4 Å². The smallest absolute Gasteiger partial charge is 0.191 e. The number of nitrogens with zero attached hydrogens (tertiary/aromatic N) is 4. The maximum absolute atomic E-state index is 4.58. The Morgan fingerprint density at radius 3 is 2.67 bits per heavy atom. The number of aryl methyl sites for hydroxylation is 2. The lowest BCUT2D eigenvalue weighted by molar-refractivity contribution is 0.280. The Morgan fingerprint density at radius 2 is 1.96 bits per heavy atom. The zero-order valence-corrected chi connectivity index (χ0v) is 16.4. The molecule has 0 radical (unpaired) electrons. The third kappa shape index (κ3) is 6.37. The number of likely N-dealkylation sites (N-methyl/N-ethyl adjacent to an activating group) is 1. The highest BCUT2D eigenvalue weighted by molar-refractivity contribution is 7.11. The minimum absolute atomic E-state index is 0.862. The summed E-state index contributed by atoms with van der Waals surface area (Å²) in [5.74, 6) is 0.881. The van der Waals surface area contributed by atoms with Crippen LogP contribution in [0, 0.1) is 13.8 Å². The van der Waals surface area contributed by atoms with Crippen LogP contribution < -0.4 is 10.6 Å². The predicted octanol–water partition coefficient (Wildman–Crippen LogP) is 1.10. The van der Waals surface area contributed by atoms with Crippen LogP contribution in [0.4, 0.5) is 0 Å². The zero-order valence-electron chi connectivity index (χ0n) is 15.6. The molecule has 24 heavy (non-hydrogen) atoms. The molecule has 1 aromatic heterocycles. The van der Waals surface area contributed by atoms with Crippen LogP contribution in [-0.4, -0.2) is 80.7 Å². The van der Waals surface area contributed by atoms with Gasteiger partial charge in [-0.1, -0.05) is 0 Å². The van der Waals surface area contributed by atoms with Gasteiger partial charge in [-0.3, -0.25) is 4.99 Å². The second-order valence-corrected chi connectivity index (χ2v) is 7.71. The summed E-state index contributed by atoms with van der Waals surface area (Å²) in [6.45, 7) is 11.8. The van der Waals surface area contributed by atoms with Crippen molar-refractivity contribution in [1.29, 1.82) is 0 Å². The minimum atomic E-state index is 0.862. The van der Waals surface area contributed by atoms with Gasteiger partial charge in [-0.25, -0.2) is 4.98 Å². The van der Waals surface area contributed by atoms with Gasteiger partial charge in [0.1, 0.15) is 0 Å². The van der Waals surface area contributed by atoms with Crippen LogP contribution in [0.1, 0.15) is 22.0 Å². The number of guanidine groups is 1. The molecule has 0 saturated carbocycles. The summed E-state index contributed by atoms with van der Waals surface area (Å²) < 4.78 is 0. The Labute approximate surface area is 150 Å². The summed E-state index contributed by atoms with van der Waals surface area (Å²) >= 11 is 1.79. The summed E-state index contributed by atoms with van der Waals surface area (Å²) in [7, 11) is 4.03. The third-order valence-electron chi connectivity index (χ3n) is 4.46. The van der Waals surface area contributed by atoms with E-state index in [0.717, 1.165) is 44.3 Å². The number of rotatable bonds is 6. The van der Waals surface area contributed by atoms with E-state index in [1.807, 2.05) is 7.05 Å². The van der Waals surface area contributed by atoms with Crippen LogP contribution in [0.25, 0.3) is 0 Å². The molecule has 1 saturated heterocycles. The van der Waals surface area contributed by atoms with E-state index in [1.54, 1.807) is 11.3 Å². The van der Waals surface area contributed by atoms with Crippen LogP contribution in [-0.2, 0) is 6.42 Å². The standard InChI is InChI=1S/C17H32N6S/c1-14-15(2)24-16(21-14)6-7-19-17(18-3)20-8-11-23-10-5-9-22(4)12-13-23/h5-13H2,1-4H3,(H2,18,19,20). The van der Waals surface area contributed by atoms with Crippen LogP contribution in [0.15, 0.2) is 4.99 Å². The molecular formula is C17H32N6S. The van der Waals surface area contributed by atoms with Gasteiger partial charge in [-0.05, 0) is 40.4 Å². The maximum atomic E-state index is 4.58. The third-order valence-corrected chi connectivity index (χ3v) is 5.59. The first-order chi connectivity index (χ1) is 11.6. The van der Waals surface area contributed by atoms with Gasteiger partial charge in [-0.15, -0.1) is 11.3 Å². The average molecular weight is 353 g/mol. The molecule has 1 aliphatic rings.